The first-order chi connectivity index (χ1) is 9.51. The van der Waals surface area contributed by atoms with Gasteiger partial charge < -0.3 is 4.74 Å². The molecule has 0 radical (unpaired) electrons. The summed E-state index contributed by atoms with van der Waals surface area (Å²) in [7, 11) is 0. The van der Waals surface area contributed by atoms with Crippen LogP contribution in [0.3, 0.4) is 0 Å². The van der Waals surface area contributed by atoms with Gasteiger partial charge in [-0.05, 0) is 66.6 Å². The Morgan fingerprint density at radius 2 is 2.05 bits per heavy atom. The number of carbonyl (C=O) groups excluding carboxylic acids is 1. The summed E-state index contributed by atoms with van der Waals surface area (Å²) in [5.74, 6) is 3.03. The fourth-order valence-corrected chi connectivity index (χ4v) is 7.61. The molecule has 5 aliphatic rings. The number of cyclic esters (lactones) is 1. The van der Waals surface area contributed by atoms with Gasteiger partial charge in [0.05, 0.1) is 6.42 Å². The number of hydrogen-bond acceptors (Lipinski definition) is 2. The molecule has 4 saturated carbocycles. The highest BCUT2D eigenvalue weighted by molar-refractivity contribution is 5.74. The van der Waals surface area contributed by atoms with Crippen molar-refractivity contribution >= 4 is 5.97 Å². The van der Waals surface area contributed by atoms with Crippen LogP contribution < -0.4 is 0 Å². The highest BCUT2D eigenvalue weighted by atomic mass is 16.5. The third kappa shape index (κ3) is 1.10. The molecule has 6 atom stereocenters. The van der Waals surface area contributed by atoms with Crippen LogP contribution in [-0.4, -0.2) is 5.97 Å². The van der Waals surface area contributed by atoms with E-state index in [1.807, 2.05) is 0 Å². The van der Waals surface area contributed by atoms with Gasteiger partial charge in [-0.25, -0.2) is 0 Å². The van der Waals surface area contributed by atoms with Gasteiger partial charge >= 0.3 is 5.97 Å². The Morgan fingerprint density at radius 1 is 1.25 bits per heavy atom. The summed E-state index contributed by atoms with van der Waals surface area (Å²) >= 11 is 0. The maximum absolute atomic E-state index is 11.7. The van der Waals surface area contributed by atoms with Crippen molar-refractivity contribution in [3.8, 4) is 0 Å². The molecule has 1 aliphatic heterocycles. The van der Waals surface area contributed by atoms with Crippen LogP contribution in [0.4, 0.5) is 0 Å². The molecule has 5 rings (SSSR count). The van der Waals surface area contributed by atoms with Crippen LogP contribution in [0.15, 0.2) is 12.3 Å². The summed E-state index contributed by atoms with van der Waals surface area (Å²) in [6.07, 6.45) is 10.4. The molecule has 0 N–H and O–H groups in total. The second kappa shape index (κ2) is 3.18. The van der Waals surface area contributed by atoms with Gasteiger partial charge in [0, 0.05) is 5.92 Å². The molecule has 4 aliphatic carbocycles. The Balaban J connectivity index is 1.60. The molecule has 2 nitrogen and oxygen atoms in total. The molecule has 5 fully saturated rings. The Bertz CT molecular complexity index is 538. The molecule has 0 aromatic heterocycles. The van der Waals surface area contributed by atoms with Gasteiger partial charge in [0.1, 0.15) is 5.76 Å². The predicted molar refractivity (Wildman–Crippen MR) is 75.6 cm³/mol. The Morgan fingerprint density at radius 3 is 2.75 bits per heavy atom. The summed E-state index contributed by atoms with van der Waals surface area (Å²) in [4.78, 5) is 11.7. The molecule has 0 aromatic rings. The number of esters is 1. The molecule has 2 heteroatoms. The van der Waals surface area contributed by atoms with E-state index in [9.17, 15) is 4.79 Å². The maximum Gasteiger partial charge on any atom is 0.311 e. The summed E-state index contributed by atoms with van der Waals surface area (Å²) in [6, 6.07) is 0. The van der Waals surface area contributed by atoms with Crippen molar-refractivity contribution in [3.63, 3.8) is 0 Å². The van der Waals surface area contributed by atoms with Crippen LogP contribution in [0.25, 0.3) is 0 Å². The number of ether oxygens (including phenoxy) is 1. The van der Waals surface area contributed by atoms with Gasteiger partial charge in [-0.1, -0.05) is 19.9 Å². The Hall–Kier alpha value is -0.790. The van der Waals surface area contributed by atoms with Crippen molar-refractivity contribution in [1.82, 2.24) is 0 Å². The number of rotatable bonds is 2. The average Bonchev–Trinajstić information content (AvgIpc) is 2.90. The zero-order valence-electron chi connectivity index (χ0n) is 12.4. The zero-order chi connectivity index (χ0) is 13.8. The van der Waals surface area contributed by atoms with E-state index in [0.717, 1.165) is 17.6 Å². The van der Waals surface area contributed by atoms with Gasteiger partial charge in [-0.2, -0.15) is 0 Å². The summed E-state index contributed by atoms with van der Waals surface area (Å²) in [5, 5.41) is 0. The first-order valence-electron chi connectivity index (χ1n) is 8.40. The van der Waals surface area contributed by atoms with Crippen molar-refractivity contribution in [1.29, 1.82) is 0 Å². The van der Waals surface area contributed by atoms with E-state index in [4.69, 9.17) is 4.74 Å². The van der Waals surface area contributed by atoms with Crippen LogP contribution in [0, 0.1) is 34.0 Å². The molecule has 0 amide bonds. The lowest BCUT2D eigenvalue weighted by Gasteiger charge is -2.51. The summed E-state index contributed by atoms with van der Waals surface area (Å²) in [6.45, 7) is 6.47. The monoisotopic (exact) mass is 272 g/mol. The van der Waals surface area contributed by atoms with E-state index >= 15 is 0 Å². The fourth-order valence-electron chi connectivity index (χ4n) is 7.61. The van der Waals surface area contributed by atoms with Crippen LogP contribution in [0.5, 0.6) is 0 Å². The molecule has 1 heterocycles. The van der Waals surface area contributed by atoms with Crippen LogP contribution >= 0.6 is 0 Å². The van der Waals surface area contributed by atoms with Crippen molar-refractivity contribution in [2.24, 2.45) is 34.0 Å². The second-order valence-corrected chi connectivity index (χ2v) is 8.71. The van der Waals surface area contributed by atoms with Crippen molar-refractivity contribution in [2.75, 3.05) is 0 Å². The first kappa shape index (κ1) is 11.8. The van der Waals surface area contributed by atoms with Gasteiger partial charge in [-0.3, -0.25) is 4.79 Å². The lowest BCUT2D eigenvalue weighted by atomic mass is 9.54. The molecule has 108 valence electrons. The number of carbonyl (C=O) groups is 1. The molecule has 1 spiro atoms. The predicted octanol–water partition coefficient (Wildman–Crippen LogP) is 4.06. The SMILES string of the molecule is C=C1OC(=O)CC1C12CC3CC4CC(CC)(C1)CC43C2. The Labute approximate surface area is 120 Å². The smallest absolute Gasteiger partial charge is 0.311 e. The van der Waals surface area contributed by atoms with E-state index in [2.05, 4.69) is 13.5 Å². The van der Waals surface area contributed by atoms with Gasteiger partial charge in [-0.15, -0.1) is 0 Å². The topological polar surface area (TPSA) is 26.3 Å². The third-order valence-corrected chi connectivity index (χ3v) is 8.13. The van der Waals surface area contributed by atoms with E-state index in [-0.39, 0.29) is 5.97 Å². The summed E-state index contributed by atoms with van der Waals surface area (Å²) in [5.41, 5.74) is 1.60. The van der Waals surface area contributed by atoms with E-state index < -0.39 is 0 Å². The van der Waals surface area contributed by atoms with Crippen LogP contribution in [-0.2, 0) is 9.53 Å². The van der Waals surface area contributed by atoms with E-state index in [1.54, 1.807) is 0 Å². The van der Waals surface area contributed by atoms with Crippen molar-refractivity contribution in [3.05, 3.63) is 12.3 Å². The number of hydrogen-bond donors (Lipinski definition) is 0. The minimum Gasteiger partial charge on any atom is -0.431 e. The second-order valence-electron chi connectivity index (χ2n) is 8.71. The van der Waals surface area contributed by atoms with Crippen molar-refractivity contribution in [2.45, 2.75) is 58.3 Å². The number of allylic oxidation sites excluding steroid dienone is 1. The van der Waals surface area contributed by atoms with E-state index in [1.165, 1.54) is 44.9 Å². The molecular weight excluding hydrogens is 248 g/mol. The standard InChI is InChI=1S/C18H24O2/c1-3-16-6-12-4-13-7-17(8-16,10-18(12,13)9-16)14-5-15(19)20-11(14)2/h12-14H,2-10H2,1H3. The van der Waals surface area contributed by atoms with Gasteiger partial charge in [0.15, 0.2) is 0 Å². The normalized spacial score (nSPS) is 58.8. The average molecular weight is 272 g/mol. The summed E-state index contributed by atoms with van der Waals surface area (Å²) < 4.78 is 5.34. The highest BCUT2D eigenvalue weighted by Gasteiger charge is 2.75. The molecular formula is C18H24O2. The first-order valence-corrected chi connectivity index (χ1v) is 8.40. The Kier molecular flexibility index (Phi) is 1.88. The molecule has 1 saturated heterocycles. The molecule has 0 aromatic carbocycles. The maximum atomic E-state index is 11.7. The highest BCUT2D eigenvalue weighted by Crippen LogP contribution is 2.84. The van der Waals surface area contributed by atoms with Crippen LogP contribution in [0.1, 0.15) is 58.3 Å². The zero-order valence-corrected chi connectivity index (χ0v) is 12.4. The quantitative estimate of drug-likeness (QED) is 0.709. The lowest BCUT2D eigenvalue weighted by Crippen LogP contribution is -2.43. The minimum atomic E-state index is -0.0360. The largest absolute Gasteiger partial charge is 0.431 e. The minimum absolute atomic E-state index is 0.0360. The number of fused-ring (bicyclic) bond motifs is 2. The van der Waals surface area contributed by atoms with Gasteiger partial charge in [0.2, 0.25) is 0 Å². The molecule has 3 bridgehead atoms. The molecule has 20 heavy (non-hydrogen) atoms. The van der Waals surface area contributed by atoms with Crippen LogP contribution in [0.2, 0.25) is 0 Å². The van der Waals surface area contributed by atoms with E-state index in [0.29, 0.717) is 28.6 Å². The molecule has 6 unspecified atom stereocenters. The van der Waals surface area contributed by atoms with Gasteiger partial charge in [0.25, 0.3) is 0 Å². The third-order valence-electron chi connectivity index (χ3n) is 8.13. The lowest BCUT2D eigenvalue weighted by molar-refractivity contribution is -0.135. The fraction of sp³-hybridized carbons (Fsp3) is 0.833. The van der Waals surface area contributed by atoms with Crippen molar-refractivity contribution < 1.29 is 9.53 Å².